The van der Waals surface area contributed by atoms with E-state index < -0.39 is 0 Å². The minimum atomic E-state index is -0.175. The summed E-state index contributed by atoms with van der Waals surface area (Å²) < 4.78 is 0. The van der Waals surface area contributed by atoms with E-state index in [1.54, 1.807) is 11.8 Å². The van der Waals surface area contributed by atoms with Crippen molar-refractivity contribution in [2.24, 2.45) is 5.92 Å². The summed E-state index contributed by atoms with van der Waals surface area (Å²) in [5, 5.41) is 0.636. The van der Waals surface area contributed by atoms with Crippen LogP contribution in [0.4, 0.5) is 5.82 Å². The highest BCUT2D eigenvalue weighted by Crippen LogP contribution is 2.33. The highest BCUT2D eigenvalue weighted by molar-refractivity contribution is 7.99. The Kier molecular flexibility index (Phi) is 2.26. The second-order valence-electron chi connectivity index (χ2n) is 3.23. The Morgan fingerprint density at radius 3 is 3.08 bits per heavy atom. The molecule has 1 aliphatic rings. The van der Waals surface area contributed by atoms with Gasteiger partial charge in [-0.25, -0.2) is 4.98 Å². The zero-order valence-electron chi connectivity index (χ0n) is 7.12. The van der Waals surface area contributed by atoms with E-state index in [2.05, 4.69) is 9.97 Å². The number of nitrogen functional groups attached to an aromatic ring is 1. The van der Waals surface area contributed by atoms with E-state index in [0.717, 1.165) is 11.7 Å². The SMILES string of the molecule is Nc1cc(=O)[nH]c(SCC2CC2)n1. The second-order valence-corrected chi connectivity index (χ2v) is 4.24. The molecule has 1 fully saturated rings. The van der Waals surface area contributed by atoms with Crippen molar-refractivity contribution in [2.75, 3.05) is 11.5 Å². The van der Waals surface area contributed by atoms with E-state index in [0.29, 0.717) is 11.0 Å². The largest absolute Gasteiger partial charge is 0.383 e. The molecule has 5 heteroatoms. The normalized spacial score (nSPS) is 16.0. The van der Waals surface area contributed by atoms with Crippen molar-refractivity contribution < 1.29 is 0 Å². The number of hydrogen-bond acceptors (Lipinski definition) is 4. The van der Waals surface area contributed by atoms with Crippen molar-refractivity contribution in [3.05, 3.63) is 16.4 Å². The van der Waals surface area contributed by atoms with Crippen molar-refractivity contribution in [2.45, 2.75) is 18.0 Å². The van der Waals surface area contributed by atoms with Gasteiger partial charge < -0.3 is 10.7 Å². The predicted molar refractivity (Wildman–Crippen MR) is 52.7 cm³/mol. The van der Waals surface area contributed by atoms with E-state index >= 15 is 0 Å². The highest BCUT2D eigenvalue weighted by Gasteiger charge is 2.21. The lowest BCUT2D eigenvalue weighted by atomic mass is 10.5. The lowest BCUT2D eigenvalue weighted by Crippen LogP contribution is -2.09. The average Bonchev–Trinajstić information content (AvgIpc) is 2.81. The number of aromatic amines is 1. The number of H-pyrrole nitrogens is 1. The van der Waals surface area contributed by atoms with Gasteiger partial charge in [0.2, 0.25) is 0 Å². The van der Waals surface area contributed by atoms with Gasteiger partial charge in [-0.15, -0.1) is 0 Å². The van der Waals surface area contributed by atoms with Gasteiger partial charge in [-0.3, -0.25) is 4.79 Å². The number of nitrogens with two attached hydrogens (primary N) is 1. The maximum absolute atomic E-state index is 11.0. The molecule has 13 heavy (non-hydrogen) atoms. The van der Waals surface area contributed by atoms with Crippen LogP contribution in [0.2, 0.25) is 0 Å². The van der Waals surface area contributed by atoms with Crippen molar-refractivity contribution in [3.8, 4) is 0 Å². The van der Waals surface area contributed by atoms with Gasteiger partial charge in [0.05, 0.1) is 0 Å². The van der Waals surface area contributed by atoms with Crippen LogP contribution >= 0.6 is 11.8 Å². The minimum absolute atomic E-state index is 0.175. The van der Waals surface area contributed by atoms with Gasteiger partial charge in [-0.1, -0.05) is 11.8 Å². The first-order valence-electron chi connectivity index (χ1n) is 4.23. The molecule has 0 spiro atoms. The second kappa shape index (κ2) is 3.41. The molecule has 2 rings (SSSR count). The monoisotopic (exact) mass is 197 g/mol. The van der Waals surface area contributed by atoms with Crippen LogP contribution in [-0.2, 0) is 0 Å². The Balaban J connectivity index is 2.05. The molecule has 1 aromatic rings. The van der Waals surface area contributed by atoms with Crippen LogP contribution in [-0.4, -0.2) is 15.7 Å². The molecule has 0 aromatic carbocycles. The quantitative estimate of drug-likeness (QED) is 0.556. The summed E-state index contributed by atoms with van der Waals surface area (Å²) in [6.07, 6.45) is 2.61. The molecule has 1 heterocycles. The van der Waals surface area contributed by atoms with Crippen LogP contribution in [0.25, 0.3) is 0 Å². The summed E-state index contributed by atoms with van der Waals surface area (Å²) in [6.45, 7) is 0. The average molecular weight is 197 g/mol. The number of thioether (sulfide) groups is 1. The summed E-state index contributed by atoms with van der Waals surface area (Å²) in [5.41, 5.74) is 5.26. The third-order valence-corrected chi connectivity index (χ3v) is 3.00. The molecule has 0 aliphatic heterocycles. The van der Waals surface area contributed by atoms with Crippen molar-refractivity contribution >= 4 is 17.6 Å². The van der Waals surface area contributed by atoms with Gasteiger partial charge in [0, 0.05) is 11.8 Å². The van der Waals surface area contributed by atoms with Crippen LogP contribution in [0.5, 0.6) is 0 Å². The van der Waals surface area contributed by atoms with E-state index in [1.165, 1.54) is 18.9 Å². The van der Waals surface area contributed by atoms with Gasteiger partial charge in [0.1, 0.15) is 5.82 Å². The molecule has 0 atom stereocenters. The van der Waals surface area contributed by atoms with Crippen LogP contribution in [0.1, 0.15) is 12.8 Å². The third-order valence-electron chi connectivity index (χ3n) is 1.89. The van der Waals surface area contributed by atoms with E-state index in [-0.39, 0.29) is 5.56 Å². The molecule has 0 unspecified atom stereocenters. The molecule has 1 saturated carbocycles. The van der Waals surface area contributed by atoms with E-state index in [9.17, 15) is 4.79 Å². The molecule has 0 amide bonds. The van der Waals surface area contributed by atoms with E-state index in [4.69, 9.17) is 5.73 Å². The molecule has 3 N–H and O–H groups in total. The topological polar surface area (TPSA) is 71.8 Å². The van der Waals surface area contributed by atoms with Crippen LogP contribution in [0.3, 0.4) is 0 Å². The third kappa shape index (κ3) is 2.48. The van der Waals surface area contributed by atoms with Crippen LogP contribution in [0, 0.1) is 5.92 Å². The molecule has 70 valence electrons. The fraction of sp³-hybridized carbons (Fsp3) is 0.500. The number of nitrogens with one attached hydrogen (secondary N) is 1. The maximum Gasteiger partial charge on any atom is 0.253 e. The summed E-state index contributed by atoms with van der Waals surface area (Å²) in [6, 6.07) is 1.29. The maximum atomic E-state index is 11.0. The number of rotatable bonds is 3. The van der Waals surface area contributed by atoms with Gasteiger partial charge >= 0.3 is 0 Å². The fourth-order valence-corrected chi connectivity index (χ4v) is 2.07. The summed E-state index contributed by atoms with van der Waals surface area (Å²) in [5.74, 6) is 2.14. The number of nitrogens with zero attached hydrogens (tertiary/aromatic N) is 1. The fourth-order valence-electron chi connectivity index (χ4n) is 1.00. The Labute approximate surface area is 79.9 Å². The predicted octanol–water partition coefficient (Wildman–Crippen LogP) is 0.854. The first-order valence-corrected chi connectivity index (χ1v) is 5.22. The molecule has 0 radical (unpaired) electrons. The zero-order chi connectivity index (χ0) is 9.26. The molecule has 1 aromatic heterocycles. The van der Waals surface area contributed by atoms with Gasteiger partial charge in [0.15, 0.2) is 5.16 Å². The Hall–Kier alpha value is -0.970. The number of aromatic nitrogens is 2. The van der Waals surface area contributed by atoms with Gasteiger partial charge in [-0.2, -0.15) is 0 Å². The van der Waals surface area contributed by atoms with Gasteiger partial charge in [0.25, 0.3) is 5.56 Å². The molecule has 4 nitrogen and oxygen atoms in total. The van der Waals surface area contributed by atoms with Crippen molar-refractivity contribution in [3.63, 3.8) is 0 Å². The summed E-state index contributed by atoms with van der Waals surface area (Å²) in [4.78, 5) is 17.6. The Morgan fingerprint density at radius 2 is 2.46 bits per heavy atom. The summed E-state index contributed by atoms with van der Waals surface area (Å²) in [7, 11) is 0. The molecular weight excluding hydrogens is 186 g/mol. The van der Waals surface area contributed by atoms with Crippen molar-refractivity contribution in [1.29, 1.82) is 0 Å². The van der Waals surface area contributed by atoms with Crippen LogP contribution < -0.4 is 11.3 Å². The first kappa shape index (κ1) is 8.62. The lowest BCUT2D eigenvalue weighted by molar-refractivity contribution is 0.930. The smallest absolute Gasteiger partial charge is 0.253 e. The van der Waals surface area contributed by atoms with Crippen LogP contribution in [0.15, 0.2) is 16.0 Å². The molecule has 1 aliphatic carbocycles. The van der Waals surface area contributed by atoms with Gasteiger partial charge in [-0.05, 0) is 18.8 Å². The summed E-state index contributed by atoms with van der Waals surface area (Å²) >= 11 is 1.57. The first-order chi connectivity index (χ1) is 6.24. The minimum Gasteiger partial charge on any atom is -0.383 e. The Bertz CT molecular complexity index is 359. The zero-order valence-corrected chi connectivity index (χ0v) is 7.93. The lowest BCUT2D eigenvalue weighted by Gasteiger charge is -1.99. The number of hydrogen-bond donors (Lipinski definition) is 2. The standard InChI is InChI=1S/C8H11N3OS/c9-6-3-7(12)11-8(10-6)13-4-5-1-2-5/h3,5H,1-2,4H2,(H3,9,10,11,12). The number of anilines is 1. The molecule has 0 bridgehead atoms. The van der Waals surface area contributed by atoms with E-state index in [1.807, 2.05) is 0 Å². The van der Waals surface area contributed by atoms with Crippen molar-refractivity contribution in [1.82, 2.24) is 9.97 Å². The molecule has 0 saturated heterocycles. The highest BCUT2D eigenvalue weighted by atomic mass is 32.2. The molecular formula is C8H11N3OS. The Morgan fingerprint density at radius 1 is 1.69 bits per heavy atom.